The maximum atomic E-state index is 12.0. The number of carbonyl (C=O) groups is 1. The van der Waals surface area contributed by atoms with E-state index in [4.69, 9.17) is 10.1 Å². The Hall–Kier alpha value is -3.05. The van der Waals surface area contributed by atoms with Crippen LogP contribution in [-0.4, -0.2) is 11.1 Å². The van der Waals surface area contributed by atoms with Crippen LogP contribution in [0, 0.1) is 12.3 Å². The maximum absolute atomic E-state index is 12.0. The Labute approximate surface area is 161 Å². The van der Waals surface area contributed by atoms with Gasteiger partial charge in [-0.2, -0.15) is 0 Å². The molecule has 1 fully saturated rings. The molecule has 134 valence electrons. The van der Waals surface area contributed by atoms with E-state index in [0.717, 1.165) is 33.7 Å². The van der Waals surface area contributed by atoms with Gasteiger partial charge >= 0.3 is 0 Å². The molecule has 0 unspecified atom stereocenters. The second-order valence-electron chi connectivity index (χ2n) is 6.41. The molecular weight excluding hydrogens is 356 g/mol. The number of nitrogens with one attached hydrogen (secondary N) is 2. The van der Waals surface area contributed by atoms with Gasteiger partial charge < -0.3 is 10.1 Å². The highest BCUT2D eigenvalue weighted by Crippen LogP contribution is 2.32. The Morgan fingerprint density at radius 2 is 1.78 bits per heavy atom. The molecule has 0 spiro atoms. The van der Waals surface area contributed by atoms with Crippen molar-refractivity contribution in [2.75, 3.05) is 0 Å². The molecule has 0 aliphatic carbocycles. The third-order valence-electron chi connectivity index (χ3n) is 4.34. The van der Waals surface area contributed by atoms with Crippen LogP contribution in [0.4, 0.5) is 0 Å². The third kappa shape index (κ3) is 3.88. The van der Waals surface area contributed by atoms with Crippen LogP contribution in [0.3, 0.4) is 0 Å². The standard InChI is InChI=1S/C22H18N2O2S/c1-14-6-8-15(9-7-14)13-26-19-11-17-5-3-2-4-16(17)10-18(19)12-20-21(25)24-22(23)27-20/h2-12H,13H2,1H3,(H2,23,24,25). The molecule has 1 aliphatic rings. The number of benzene rings is 3. The fraction of sp³-hybridized carbons (Fsp3) is 0.0909. The first-order valence-electron chi connectivity index (χ1n) is 8.59. The predicted molar refractivity (Wildman–Crippen MR) is 111 cm³/mol. The van der Waals surface area contributed by atoms with Crippen molar-refractivity contribution in [1.82, 2.24) is 5.32 Å². The topological polar surface area (TPSA) is 62.2 Å². The molecule has 5 heteroatoms. The number of ether oxygens (including phenoxy) is 1. The number of fused-ring (bicyclic) bond motifs is 1. The van der Waals surface area contributed by atoms with Gasteiger partial charge in [0.2, 0.25) is 0 Å². The zero-order chi connectivity index (χ0) is 18.8. The quantitative estimate of drug-likeness (QED) is 0.641. The molecule has 0 radical (unpaired) electrons. The summed E-state index contributed by atoms with van der Waals surface area (Å²) in [6.07, 6.45) is 1.79. The monoisotopic (exact) mass is 374 g/mol. The van der Waals surface area contributed by atoms with Gasteiger partial charge in [0.05, 0.1) is 4.91 Å². The van der Waals surface area contributed by atoms with Crippen LogP contribution in [0.25, 0.3) is 16.8 Å². The highest BCUT2D eigenvalue weighted by atomic mass is 32.2. The van der Waals surface area contributed by atoms with Crippen LogP contribution in [0.2, 0.25) is 0 Å². The van der Waals surface area contributed by atoms with Crippen LogP contribution < -0.4 is 10.1 Å². The normalized spacial score (nSPS) is 15.4. The van der Waals surface area contributed by atoms with E-state index in [2.05, 4.69) is 36.5 Å². The van der Waals surface area contributed by atoms with E-state index in [1.165, 1.54) is 5.56 Å². The number of amides is 1. The number of aryl methyl sites for hydroxylation is 1. The minimum atomic E-state index is -0.248. The van der Waals surface area contributed by atoms with Crippen LogP contribution >= 0.6 is 11.8 Å². The summed E-state index contributed by atoms with van der Waals surface area (Å²) in [5.41, 5.74) is 3.12. The molecule has 1 saturated heterocycles. The highest BCUT2D eigenvalue weighted by Gasteiger charge is 2.22. The van der Waals surface area contributed by atoms with E-state index >= 15 is 0 Å². The van der Waals surface area contributed by atoms with Gasteiger partial charge in [-0.25, -0.2) is 0 Å². The Bertz CT molecular complexity index is 1070. The van der Waals surface area contributed by atoms with Crippen molar-refractivity contribution in [3.8, 4) is 5.75 Å². The van der Waals surface area contributed by atoms with Gasteiger partial charge in [0.25, 0.3) is 5.91 Å². The largest absolute Gasteiger partial charge is 0.488 e. The molecule has 1 heterocycles. The van der Waals surface area contributed by atoms with E-state index in [0.29, 0.717) is 17.3 Å². The number of rotatable bonds is 4. The molecule has 0 atom stereocenters. The average molecular weight is 374 g/mol. The van der Waals surface area contributed by atoms with Gasteiger partial charge in [-0.1, -0.05) is 54.1 Å². The molecule has 0 saturated carbocycles. The molecule has 0 bridgehead atoms. The van der Waals surface area contributed by atoms with E-state index in [9.17, 15) is 4.79 Å². The summed E-state index contributed by atoms with van der Waals surface area (Å²) in [5, 5.41) is 12.4. The summed E-state index contributed by atoms with van der Waals surface area (Å²) >= 11 is 1.13. The smallest absolute Gasteiger partial charge is 0.264 e. The Morgan fingerprint density at radius 1 is 1.07 bits per heavy atom. The minimum Gasteiger partial charge on any atom is -0.488 e. The van der Waals surface area contributed by atoms with Crippen molar-refractivity contribution in [1.29, 1.82) is 5.41 Å². The summed E-state index contributed by atoms with van der Waals surface area (Å²) in [5.74, 6) is 0.469. The predicted octanol–water partition coefficient (Wildman–Crippen LogP) is 4.87. The van der Waals surface area contributed by atoms with Crippen molar-refractivity contribution >= 4 is 39.7 Å². The second-order valence-corrected chi connectivity index (χ2v) is 7.46. The minimum absolute atomic E-state index is 0.147. The van der Waals surface area contributed by atoms with Crippen molar-refractivity contribution < 1.29 is 9.53 Å². The third-order valence-corrected chi connectivity index (χ3v) is 5.17. The zero-order valence-corrected chi connectivity index (χ0v) is 15.6. The molecule has 2 N–H and O–H groups in total. The summed E-state index contributed by atoms with van der Waals surface area (Å²) in [6, 6.07) is 20.3. The molecule has 3 aromatic rings. The van der Waals surface area contributed by atoms with E-state index < -0.39 is 0 Å². The Balaban J connectivity index is 1.70. The van der Waals surface area contributed by atoms with Crippen molar-refractivity contribution in [3.63, 3.8) is 0 Å². The lowest BCUT2D eigenvalue weighted by molar-refractivity contribution is -0.115. The van der Waals surface area contributed by atoms with Crippen molar-refractivity contribution in [2.45, 2.75) is 13.5 Å². The van der Waals surface area contributed by atoms with Crippen LogP contribution in [0.15, 0.2) is 65.6 Å². The summed E-state index contributed by atoms with van der Waals surface area (Å²) < 4.78 is 6.10. The van der Waals surface area contributed by atoms with Gasteiger partial charge in [-0.05, 0) is 53.2 Å². The van der Waals surface area contributed by atoms with Gasteiger partial charge in [0, 0.05) is 5.56 Å². The fourth-order valence-corrected chi connectivity index (χ4v) is 3.60. The van der Waals surface area contributed by atoms with E-state index in [1.807, 2.05) is 36.4 Å². The van der Waals surface area contributed by atoms with Gasteiger partial charge in [0.1, 0.15) is 12.4 Å². The number of thioether (sulfide) groups is 1. The van der Waals surface area contributed by atoms with E-state index in [-0.39, 0.29) is 11.1 Å². The van der Waals surface area contributed by atoms with Crippen LogP contribution in [0.1, 0.15) is 16.7 Å². The second kappa shape index (κ2) is 7.29. The lowest BCUT2D eigenvalue weighted by Crippen LogP contribution is -2.18. The molecule has 1 amide bonds. The number of hydrogen-bond donors (Lipinski definition) is 2. The molecule has 3 aromatic carbocycles. The number of carbonyl (C=O) groups excluding carboxylic acids is 1. The van der Waals surface area contributed by atoms with Crippen LogP contribution in [0.5, 0.6) is 5.75 Å². The Kier molecular flexibility index (Phi) is 4.69. The zero-order valence-electron chi connectivity index (χ0n) is 14.8. The molecule has 1 aliphatic heterocycles. The molecular formula is C22H18N2O2S. The number of amidine groups is 1. The first kappa shape index (κ1) is 17.4. The SMILES string of the molecule is Cc1ccc(COc2cc3ccccc3cc2C=C2SC(=N)NC2=O)cc1. The summed E-state index contributed by atoms with van der Waals surface area (Å²) in [4.78, 5) is 12.5. The summed E-state index contributed by atoms with van der Waals surface area (Å²) in [7, 11) is 0. The number of hydrogen-bond acceptors (Lipinski definition) is 4. The molecule has 4 rings (SSSR count). The van der Waals surface area contributed by atoms with Crippen molar-refractivity contribution in [3.05, 3.63) is 82.3 Å². The van der Waals surface area contributed by atoms with Crippen LogP contribution in [-0.2, 0) is 11.4 Å². The lowest BCUT2D eigenvalue weighted by atomic mass is 10.1. The summed E-state index contributed by atoms with van der Waals surface area (Å²) in [6.45, 7) is 2.50. The lowest BCUT2D eigenvalue weighted by Gasteiger charge is -2.12. The first-order chi connectivity index (χ1) is 13.1. The molecule has 0 aromatic heterocycles. The first-order valence-corrected chi connectivity index (χ1v) is 9.41. The van der Waals surface area contributed by atoms with E-state index in [1.54, 1.807) is 6.08 Å². The Morgan fingerprint density at radius 3 is 2.44 bits per heavy atom. The molecule has 4 nitrogen and oxygen atoms in total. The van der Waals surface area contributed by atoms with Gasteiger partial charge in [-0.15, -0.1) is 0 Å². The molecule has 27 heavy (non-hydrogen) atoms. The maximum Gasteiger partial charge on any atom is 0.264 e. The van der Waals surface area contributed by atoms with Gasteiger partial charge in [0.15, 0.2) is 5.17 Å². The highest BCUT2D eigenvalue weighted by molar-refractivity contribution is 8.18. The average Bonchev–Trinajstić information content (AvgIpc) is 2.98. The van der Waals surface area contributed by atoms with Gasteiger partial charge in [-0.3, -0.25) is 10.2 Å². The van der Waals surface area contributed by atoms with Crippen molar-refractivity contribution in [2.24, 2.45) is 0 Å². The fourth-order valence-electron chi connectivity index (χ4n) is 2.90.